The van der Waals surface area contributed by atoms with E-state index in [9.17, 15) is 4.79 Å². The Morgan fingerprint density at radius 3 is 3.00 bits per heavy atom. The van der Waals surface area contributed by atoms with Crippen LogP contribution in [0, 0.1) is 6.92 Å². The number of nitrogens with zero attached hydrogens (tertiary/aromatic N) is 4. The number of nitrogen functional groups attached to an aromatic ring is 1. The summed E-state index contributed by atoms with van der Waals surface area (Å²) in [4.78, 5) is 19.4. The van der Waals surface area contributed by atoms with E-state index in [2.05, 4.69) is 19.8 Å². The SMILES string of the molecule is COC(=O)c1c(C)nc2ncnn2c1N. The van der Waals surface area contributed by atoms with Crippen molar-refractivity contribution in [2.45, 2.75) is 6.92 Å². The Hall–Kier alpha value is -2.18. The van der Waals surface area contributed by atoms with Crippen LogP contribution in [0.5, 0.6) is 0 Å². The van der Waals surface area contributed by atoms with Crippen molar-refractivity contribution in [2.24, 2.45) is 0 Å². The maximum atomic E-state index is 11.4. The van der Waals surface area contributed by atoms with E-state index in [-0.39, 0.29) is 11.4 Å². The summed E-state index contributed by atoms with van der Waals surface area (Å²) >= 11 is 0. The molecular weight excluding hydrogens is 198 g/mol. The molecule has 15 heavy (non-hydrogen) atoms. The van der Waals surface area contributed by atoms with Gasteiger partial charge in [-0.2, -0.15) is 14.6 Å². The third-order valence-corrected chi connectivity index (χ3v) is 2.03. The van der Waals surface area contributed by atoms with Crippen LogP contribution in [0.15, 0.2) is 6.33 Å². The van der Waals surface area contributed by atoms with Gasteiger partial charge in [-0.25, -0.2) is 9.78 Å². The van der Waals surface area contributed by atoms with Crippen LogP contribution in [0.2, 0.25) is 0 Å². The summed E-state index contributed by atoms with van der Waals surface area (Å²) in [5.74, 6) is 0.00871. The van der Waals surface area contributed by atoms with Gasteiger partial charge in [0.15, 0.2) is 0 Å². The lowest BCUT2D eigenvalue weighted by Gasteiger charge is -2.07. The molecule has 0 aromatic carbocycles. The van der Waals surface area contributed by atoms with E-state index in [1.54, 1.807) is 6.92 Å². The first kappa shape index (κ1) is 9.38. The number of aryl methyl sites for hydroxylation is 1. The Balaban J connectivity index is 2.78. The molecule has 78 valence electrons. The van der Waals surface area contributed by atoms with Crippen molar-refractivity contribution >= 4 is 17.6 Å². The summed E-state index contributed by atoms with van der Waals surface area (Å²) in [7, 11) is 1.28. The monoisotopic (exact) mass is 207 g/mol. The van der Waals surface area contributed by atoms with E-state index in [0.717, 1.165) is 0 Å². The molecule has 2 aromatic heterocycles. The quantitative estimate of drug-likeness (QED) is 0.650. The van der Waals surface area contributed by atoms with E-state index < -0.39 is 5.97 Å². The highest BCUT2D eigenvalue weighted by molar-refractivity contribution is 5.95. The van der Waals surface area contributed by atoms with E-state index in [0.29, 0.717) is 11.5 Å². The summed E-state index contributed by atoms with van der Waals surface area (Å²) in [5, 5.41) is 3.85. The van der Waals surface area contributed by atoms with Crippen LogP contribution in [0.1, 0.15) is 16.1 Å². The molecule has 2 heterocycles. The van der Waals surface area contributed by atoms with Crippen LogP contribution in [0.3, 0.4) is 0 Å². The van der Waals surface area contributed by atoms with Crippen molar-refractivity contribution in [3.8, 4) is 0 Å². The molecular formula is C8H9N5O2. The van der Waals surface area contributed by atoms with Gasteiger partial charge in [-0.3, -0.25) is 0 Å². The summed E-state index contributed by atoms with van der Waals surface area (Å²) in [6.07, 6.45) is 1.32. The Morgan fingerprint density at radius 2 is 2.33 bits per heavy atom. The molecule has 7 heteroatoms. The molecule has 2 aromatic rings. The highest BCUT2D eigenvalue weighted by atomic mass is 16.5. The lowest BCUT2D eigenvalue weighted by atomic mass is 10.2. The number of hydrogen-bond acceptors (Lipinski definition) is 6. The van der Waals surface area contributed by atoms with Gasteiger partial charge in [0.1, 0.15) is 17.7 Å². The van der Waals surface area contributed by atoms with Crippen LogP contribution >= 0.6 is 0 Å². The lowest BCUT2D eigenvalue weighted by molar-refractivity contribution is 0.0600. The molecule has 0 bridgehead atoms. The van der Waals surface area contributed by atoms with Gasteiger partial charge in [-0.15, -0.1) is 0 Å². The van der Waals surface area contributed by atoms with Gasteiger partial charge >= 0.3 is 5.97 Å². The van der Waals surface area contributed by atoms with Crippen molar-refractivity contribution in [1.29, 1.82) is 0 Å². The topological polar surface area (TPSA) is 95.4 Å². The Kier molecular flexibility index (Phi) is 2.00. The predicted molar refractivity (Wildman–Crippen MR) is 51.3 cm³/mol. The maximum absolute atomic E-state index is 11.4. The van der Waals surface area contributed by atoms with E-state index in [4.69, 9.17) is 5.73 Å². The number of nitrogens with two attached hydrogens (primary N) is 1. The van der Waals surface area contributed by atoms with E-state index in [1.165, 1.54) is 18.0 Å². The number of rotatable bonds is 1. The molecule has 0 radical (unpaired) electrons. The first-order valence-corrected chi connectivity index (χ1v) is 4.19. The van der Waals surface area contributed by atoms with Crippen LogP contribution < -0.4 is 5.73 Å². The van der Waals surface area contributed by atoms with Gasteiger partial charge in [0.2, 0.25) is 0 Å². The number of methoxy groups -OCH3 is 1. The third-order valence-electron chi connectivity index (χ3n) is 2.03. The number of carbonyl (C=O) groups is 1. The van der Waals surface area contributed by atoms with Crippen molar-refractivity contribution in [2.75, 3.05) is 12.8 Å². The number of anilines is 1. The summed E-state index contributed by atoms with van der Waals surface area (Å²) in [6, 6.07) is 0. The van der Waals surface area contributed by atoms with Crippen LogP contribution in [0.4, 0.5) is 5.82 Å². The fourth-order valence-electron chi connectivity index (χ4n) is 1.33. The number of aromatic nitrogens is 4. The van der Waals surface area contributed by atoms with Crippen LogP contribution in [-0.4, -0.2) is 32.7 Å². The minimum absolute atomic E-state index is 0.182. The molecule has 0 unspecified atom stereocenters. The zero-order valence-corrected chi connectivity index (χ0v) is 8.26. The molecule has 2 N–H and O–H groups in total. The third kappa shape index (κ3) is 1.28. The highest BCUT2D eigenvalue weighted by Gasteiger charge is 2.18. The van der Waals surface area contributed by atoms with Gasteiger partial charge in [0, 0.05) is 0 Å². The standard InChI is InChI=1S/C8H9N5O2/c1-4-5(7(14)15-2)6(9)13-8(12-4)10-3-11-13/h3H,9H2,1-2H3. The largest absolute Gasteiger partial charge is 0.465 e. The van der Waals surface area contributed by atoms with Crippen LogP contribution in [-0.2, 0) is 4.74 Å². The summed E-state index contributed by atoms with van der Waals surface area (Å²) < 4.78 is 5.89. The zero-order valence-electron chi connectivity index (χ0n) is 8.26. The molecule has 7 nitrogen and oxygen atoms in total. The molecule has 0 saturated heterocycles. The Morgan fingerprint density at radius 1 is 1.60 bits per heavy atom. The molecule has 0 amide bonds. The Labute approximate surface area is 84.9 Å². The Bertz CT molecular complexity index is 533. The predicted octanol–water partition coefficient (Wildman–Crippen LogP) is -0.198. The maximum Gasteiger partial charge on any atom is 0.343 e. The summed E-state index contributed by atoms with van der Waals surface area (Å²) in [6.45, 7) is 1.66. The van der Waals surface area contributed by atoms with Gasteiger partial charge < -0.3 is 10.5 Å². The number of ether oxygens (including phenoxy) is 1. The first-order valence-electron chi connectivity index (χ1n) is 4.19. The van der Waals surface area contributed by atoms with E-state index in [1.807, 2.05) is 0 Å². The average molecular weight is 207 g/mol. The first-order chi connectivity index (χ1) is 7.15. The second-order valence-electron chi connectivity index (χ2n) is 2.92. The van der Waals surface area contributed by atoms with E-state index >= 15 is 0 Å². The molecule has 0 atom stereocenters. The van der Waals surface area contributed by atoms with Crippen molar-refractivity contribution in [3.63, 3.8) is 0 Å². The molecule has 0 spiro atoms. The number of carbonyl (C=O) groups excluding carboxylic acids is 1. The number of hydrogen-bond donors (Lipinski definition) is 1. The summed E-state index contributed by atoms with van der Waals surface area (Å²) in [5.41, 5.74) is 6.45. The molecule has 0 saturated carbocycles. The normalized spacial score (nSPS) is 10.5. The minimum atomic E-state index is -0.532. The zero-order chi connectivity index (χ0) is 11.0. The fraction of sp³-hybridized carbons (Fsp3) is 0.250. The lowest BCUT2D eigenvalue weighted by Crippen LogP contribution is -2.14. The minimum Gasteiger partial charge on any atom is -0.465 e. The van der Waals surface area contributed by atoms with Crippen molar-refractivity contribution in [3.05, 3.63) is 17.6 Å². The van der Waals surface area contributed by atoms with Crippen molar-refractivity contribution in [1.82, 2.24) is 19.6 Å². The van der Waals surface area contributed by atoms with Crippen LogP contribution in [0.25, 0.3) is 5.78 Å². The molecule has 0 aliphatic heterocycles. The van der Waals surface area contributed by atoms with Gasteiger partial charge in [-0.1, -0.05) is 0 Å². The average Bonchev–Trinajstić information content (AvgIpc) is 2.65. The second-order valence-corrected chi connectivity index (χ2v) is 2.92. The van der Waals surface area contributed by atoms with Gasteiger partial charge in [0.05, 0.1) is 12.8 Å². The second kappa shape index (κ2) is 3.19. The van der Waals surface area contributed by atoms with Gasteiger partial charge in [-0.05, 0) is 6.92 Å². The highest BCUT2D eigenvalue weighted by Crippen LogP contribution is 2.16. The van der Waals surface area contributed by atoms with Crippen molar-refractivity contribution < 1.29 is 9.53 Å². The molecule has 0 fully saturated rings. The molecule has 0 aliphatic carbocycles. The molecule has 2 rings (SSSR count). The molecule has 0 aliphatic rings. The fourth-order valence-corrected chi connectivity index (χ4v) is 1.33. The number of fused-ring (bicyclic) bond motifs is 1. The smallest absolute Gasteiger partial charge is 0.343 e. The number of esters is 1. The van der Waals surface area contributed by atoms with Gasteiger partial charge in [0.25, 0.3) is 5.78 Å².